The van der Waals surface area contributed by atoms with Crippen LogP contribution in [0.3, 0.4) is 0 Å². The van der Waals surface area contributed by atoms with E-state index in [1.165, 1.54) is 0 Å². The van der Waals surface area contributed by atoms with Gasteiger partial charge in [-0.2, -0.15) is 5.10 Å². The molecule has 0 aliphatic carbocycles. The average Bonchev–Trinajstić information content (AvgIpc) is 2.27. The van der Waals surface area contributed by atoms with Crippen LogP contribution in [0, 0.1) is 0 Å². The van der Waals surface area contributed by atoms with E-state index in [1.54, 1.807) is 4.52 Å². The Labute approximate surface area is 71.9 Å². The standard InChI is InChI=1S/C7H6BrN3/c8-5-1-2-11-6(3-5)4-7(9)10-11/h1-4H,(H2,9,10). The fourth-order valence-electron chi connectivity index (χ4n) is 0.987. The molecule has 0 atom stereocenters. The van der Waals surface area contributed by atoms with Gasteiger partial charge in [-0.05, 0) is 12.1 Å². The number of halogens is 1. The molecule has 56 valence electrons. The third-order valence-electron chi connectivity index (χ3n) is 1.44. The summed E-state index contributed by atoms with van der Waals surface area (Å²) in [4.78, 5) is 0. The van der Waals surface area contributed by atoms with E-state index in [0.29, 0.717) is 5.82 Å². The van der Waals surface area contributed by atoms with Crippen LogP contribution in [-0.2, 0) is 0 Å². The number of pyridine rings is 1. The molecule has 2 rings (SSSR count). The third kappa shape index (κ3) is 1.09. The summed E-state index contributed by atoms with van der Waals surface area (Å²) >= 11 is 3.36. The summed E-state index contributed by atoms with van der Waals surface area (Å²) in [6.45, 7) is 0. The summed E-state index contributed by atoms with van der Waals surface area (Å²) in [6, 6.07) is 5.70. The maximum atomic E-state index is 5.49. The molecule has 4 heteroatoms. The largest absolute Gasteiger partial charge is 0.382 e. The van der Waals surface area contributed by atoms with Crippen molar-refractivity contribution in [3.8, 4) is 0 Å². The molecule has 11 heavy (non-hydrogen) atoms. The third-order valence-corrected chi connectivity index (χ3v) is 1.94. The lowest BCUT2D eigenvalue weighted by atomic mass is 10.4. The van der Waals surface area contributed by atoms with E-state index in [9.17, 15) is 0 Å². The zero-order valence-corrected chi connectivity index (χ0v) is 7.25. The van der Waals surface area contributed by atoms with Gasteiger partial charge in [0.2, 0.25) is 0 Å². The second-order valence-electron chi connectivity index (χ2n) is 2.28. The first-order chi connectivity index (χ1) is 5.25. The van der Waals surface area contributed by atoms with Crippen molar-refractivity contribution in [1.82, 2.24) is 9.61 Å². The van der Waals surface area contributed by atoms with Gasteiger partial charge in [-0.1, -0.05) is 15.9 Å². The van der Waals surface area contributed by atoms with E-state index in [4.69, 9.17) is 5.73 Å². The summed E-state index contributed by atoms with van der Waals surface area (Å²) in [5.74, 6) is 0.545. The van der Waals surface area contributed by atoms with Crippen LogP contribution in [-0.4, -0.2) is 9.61 Å². The van der Waals surface area contributed by atoms with Gasteiger partial charge in [0.25, 0.3) is 0 Å². The Hall–Kier alpha value is -1.03. The van der Waals surface area contributed by atoms with E-state index in [0.717, 1.165) is 9.99 Å². The molecule has 0 aromatic carbocycles. The predicted octanol–water partition coefficient (Wildman–Crippen LogP) is 1.68. The normalized spacial score (nSPS) is 10.6. The minimum absolute atomic E-state index is 0.545. The Morgan fingerprint density at radius 1 is 1.45 bits per heavy atom. The van der Waals surface area contributed by atoms with E-state index in [-0.39, 0.29) is 0 Å². The Morgan fingerprint density at radius 2 is 2.27 bits per heavy atom. The van der Waals surface area contributed by atoms with Gasteiger partial charge in [0, 0.05) is 16.7 Å². The lowest BCUT2D eigenvalue weighted by molar-refractivity contribution is 0.966. The number of nitrogens with zero attached hydrogens (tertiary/aromatic N) is 2. The molecule has 0 saturated carbocycles. The van der Waals surface area contributed by atoms with Gasteiger partial charge in [0.15, 0.2) is 0 Å². The van der Waals surface area contributed by atoms with Crippen molar-refractivity contribution in [3.05, 3.63) is 28.9 Å². The summed E-state index contributed by atoms with van der Waals surface area (Å²) < 4.78 is 2.77. The molecule has 2 aromatic rings. The average molecular weight is 212 g/mol. The fraction of sp³-hybridized carbons (Fsp3) is 0. The fourth-order valence-corrected chi connectivity index (χ4v) is 1.34. The first-order valence-electron chi connectivity index (χ1n) is 3.16. The van der Waals surface area contributed by atoms with Crippen LogP contribution >= 0.6 is 15.9 Å². The highest BCUT2D eigenvalue weighted by molar-refractivity contribution is 9.10. The molecule has 0 spiro atoms. The molecule has 0 radical (unpaired) electrons. The van der Waals surface area contributed by atoms with Crippen LogP contribution in [0.2, 0.25) is 0 Å². The number of anilines is 1. The molecule has 2 heterocycles. The Bertz CT molecular complexity index is 393. The van der Waals surface area contributed by atoms with Crippen LogP contribution in [0.5, 0.6) is 0 Å². The minimum Gasteiger partial charge on any atom is -0.382 e. The van der Waals surface area contributed by atoms with Crippen molar-refractivity contribution in [2.45, 2.75) is 0 Å². The highest BCUT2D eigenvalue weighted by Crippen LogP contribution is 2.14. The Kier molecular flexibility index (Phi) is 1.35. The van der Waals surface area contributed by atoms with Crippen LogP contribution in [0.15, 0.2) is 28.9 Å². The molecule has 0 bridgehead atoms. The van der Waals surface area contributed by atoms with E-state index in [2.05, 4.69) is 21.0 Å². The van der Waals surface area contributed by atoms with E-state index >= 15 is 0 Å². The second-order valence-corrected chi connectivity index (χ2v) is 3.20. The van der Waals surface area contributed by atoms with Crippen LogP contribution in [0.25, 0.3) is 5.52 Å². The Balaban J connectivity index is 2.82. The first-order valence-corrected chi connectivity index (χ1v) is 3.95. The van der Waals surface area contributed by atoms with Gasteiger partial charge >= 0.3 is 0 Å². The second kappa shape index (κ2) is 2.23. The van der Waals surface area contributed by atoms with Gasteiger partial charge in [-0.25, -0.2) is 4.52 Å². The lowest BCUT2D eigenvalue weighted by Crippen LogP contribution is -1.87. The van der Waals surface area contributed by atoms with Crippen molar-refractivity contribution < 1.29 is 0 Å². The number of aromatic nitrogens is 2. The molecule has 3 nitrogen and oxygen atoms in total. The zero-order chi connectivity index (χ0) is 7.84. The molecule has 0 fully saturated rings. The molecular formula is C7H6BrN3. The summed E-state index contributed by atoms with van der Waals surface area (Å²) in [7, 11) is 0. The minimum atomic E-state index is 0.545. The maximum Gasteiger partial charge on any atom is 0.146 e. The van der Waals surface area contributed by atoms with Gasteiger partial charge in [0.1, 0.15) is 5.82 Å². The SMILES string of the molecule is Nc1cc2cc(Br)ccn2n1. The van der Waals surface area contributed by atoms with Crippen LogP contribution < -0.4 is 5.73 Å². The number of hydrogen-bond acceptors (Lipinski definition) is 2. The molecule has 2 aromatic heterocycles. The molecule has 0 unspecified atom stereocenters. The Morgan fingerprint density at radius 3 is 3.09 bits per heavy atom. The van der Waals surface area contributed by atoms with Crippen molar-refractivity contribution in [2.24, 2.45) is 0 Å². The van der Waals surface area contributed by atoms with Crippen LogP contribution in [0.4, 0.5) is 5.82 Å². The lowest BCUT2D eigenvalue weighted by Gasteiger charge is -1.91. The zero-order valence-electron chi connectivity index (χ0n) is 5.66. The van der Waals surface area contributed by atoms with Gasteiger partial charge in [-0.3, -0.25) is 0 Å². The van der Waals surface area contributed by atoms with Gasteiger partial charge in [0.05, 0.1) is 5.52 Å². The molecule has 2 N–H and O–H groups in total. The maximum absolute atomic E-state index is 5.49. The highest BCUT2D eigenvalue weighted by atomic mass is 79.9. The van der Waals surface area contributed by atoms with Crippen molar-refractivity contribution >= 4 is 27.3 Å². The van der Waals surface area contributed by atoms with Gasteiger partial charge in [-0.15, -0.1) is 0 Å². The van der Waals surface area contributed by atoms with Crippen LogP contribution in [0.1, 0.15) is 0 Å². The number of nitrogen functional groups attached to an aromatic ring is 1. The number of fused-ring (bicyclic) bond motifs is 1. The van der Waals surface area contributed by atoms with E-state index < -0.39 is 0 Å². The molecule has 0 saturated heterocycles. The summed E-state index contributed by atoms with van der Waals surface area (Å²) in [6.07, 6.45) is 1.86. The molecule has 0 aliphatic rings. The monoisotopic (exact) mass is 211 g/mol. The van der Waals surface area contributed by atoms with E-state index in [1.807, 2.05) is 24.4 Å². The quantitative estimate of drug-likeness (QED) is 0.721. The smallest absolute Gasteiger partial charge is 0.146 e. The van der Waals surface area contributed by atoms with Crippen molar-refractivity contribution in [2.75, 3.05) is 5.73 Å². The number of hydrogen-bond donors (Lipinski definition) is 1. The summed E-state index contributed by atoms with van der Waals surface area (Å²) in [5.41, 5.74) is 6.49. The number of nitrogens with two attached hydrogens (primary N) is 1. The van der Waals surface area contributed by atoms with Gasteiger partial charge < -0.3 is 5.73 Å². The van der Waals surface area contributed by atoms with Crippen molar-refractivity contribution in [3.63, 3.8) is 0 Å². The highest BCUT2D eigenvalue weighted by Gasteiger charge is 1.96. The molecular weight excluding hydrogens is 206 g/mol. The topological polar surface area (TPSA) is 43.3 Å². The predicted molar refractivity (Wildman–Crippen MR) is 47.3 cm³/mol. The molecule has 0 amide bonds. The number of rotatable bonds is 0. The molecule has 0 aliphatic heterocycles. The summed E-state index contributed by atoms with van der Waals surface area (Å²) in [5, 5.41) is 4.03. The van der Waals surface area contributed by atoms with Crippen molar-refractivity contribution in [1.29, 1.82) is 0 Å². The first kappa shape index (κ1) is 6.67.